The largest absolute Gasteiger partial charge is 0.276 e. The maximum atomic E-state index is 10.7. The summed E-state index contributed by atoms with van der Waals surface area (Å²) in [5, 5.41) is -0.460. The Bertz CT molecular complexity index is 279. The monoisotopic (exact) mass is 183 g/mol. The van der Waals surface area contributed by atoms with Gasteiger partial charge in [-0.25, -0.2) is 0 Å². The number of pyridine rings is 1. The van der Waals surface area contributed by atoms with Crippen molar-refractivity contribution in [3.63, 3.8) is 0 Å². The van der Waals surface area contributed by atoms with Crippen LogP contribution in [0, 0.1) is 0 Å². The van der Waals surface area contributed by atoms with Gasteiger partial charge in [0, 0.05) is 11.9 Å². The molecule has 0 aliphatic heterocycles. The molecule has 0 radical (unpaired) electrons. The smallest absolute Gasteiger partial charge is 0.253 e. The standard InChI is InChI=1S/C9H10ClNO/c1-6(2)8-4-3-7(5-11-8)9(10)12/h3-6H,1-2H3. The number of carbonyl (C=O) groups excluding carboxylic acids is 1. The van der Waals surface area contributed by atoms with Gasteiger partial charge < -0.3 is 0 Å². The molecule has 0 saturated heterocycles. The normalized spacial score (nSPS) is 10.3. The van der Waals surface area contributed by atoms with Gasteiger partial charge in [0.2, 0.25) is 0 Å². The summed E-state index contributed by atoms with van der Waals surface area (Å²) < 4.78 is 0. The molecule has 0 spiro atoms. The van der Waals surface area contributed by atoms with Crippen molar-refractivity contribution < 1.29 is 4.79 Å². The van der Waals surface area contributed by atoms with E-state index < -0.39 is 5.24 Å². The van der Waals surface area contributed by atoms with Crippen LogP contribution in [0.1, 0.15) is 35.8 Å². The quantitative estimate of drug-likeness (QED) is 0.660. The molecule has 1 aromatic rings. The van der Waals surface area contributed by atoms with E-state index in [9.17, 15) is 4.79 Å². The third kappa shape index (κ3) is 2.05. The summed E-state index contributed by atoms with van der Waals surface area (Å²) in [6.07, 6.45) is 1.50. The molecule has 0 saturated carbocycles. The van der Waals surface area contributed by atoms with Crippen LogP contribution in [0.5, 0.6) is 0 Å². The predicted molar refractivity (Wildman–Crippen MR) is 48.5 cm³/mol. The lowest BCUT2D eigenvalue weighted by molar-refractivity contribution is 0.108. The first-order valence-corrected chi connectivity index (χ1v) is 4.15. The van der Waals surface area contributed by atoms with Crippen LogP contribution in [0.3, 0.4) is 0 Å². The van der Waals surface area contributed by atoms with Gasteiger partial charge in [-0.15, -0.1) is 0 Å². The van der Waals surface area contributed by atoms with Crippen LogP contribution in [-0.2, 0) is 0 Å². The lowest BCUT2D eigenvalue weighted by atomic mass is 10.1. The number of hydrogen-bond donors (Lipinski definition) is 0. The first-order chi connectivity index (χ1) is 5.61. The van der Waals surface area contributed by atoms with E-state index in [1.165, 1.54) is 6.20 Å². The van der Waals surface area contributed by atoms with Crippen molar-refractivity contribution in [2.45, 2.75) is 19.8 Å². The van der Waals surface area contributed by atoms with Gasteiger partial charge in [-0.3, -0.25) is 9.78 Å². The number of halogens is 1. The van der Waals surface area contributed by atoms with Crippen molar-refractivity contribution >= 4 is 16.8 Å². The lowest BCUT2D eigenvalue weighted by Crippen LogP contribution is -1.95. The number of aromatic nitrogens is 1. The average Bonchev–Trinajstić information content (AvgIpc) is 2.04. The molecule has 0 atom stereocenters. The fourth-order valence-corrected chi connectivity index (χ4v) is 0.975. The topological polar surface area (TPSA) is 30.0 Å². The van der Waals surface area contributed by atoms with Gasteiger partial charge in [-0.05, 0) is 29.7 Å². The minimum Gasteiger partial charge on any atom is -0.276 e. The second-order valence-electron chi connectivity index (χ2n) is 2.90. The van der Waals surface area contributed by atoms with E-state index in [2.05, 4.69) is 4.98 Å². The van der Waals surface area contributed by atoms with Gasteiger partial charge in [-0.2, -0.15) is 0 Å². The summed E-state index contributed by atoms with van der Waals surface area (Å²) in [5.74, 6) is 0.379. The van der Waals surface area contributed by atoms with E-state index in [0.717, 1.165) is 5.69 Å². The third-order valence-electron chi connectivity index (χ3n) is 1.60. The van der Waals surface area contributed by atoms with E-state index in [0.29, 0.717) is 11.5 Å². The average molecular weight is 184 g/mol. The highest BCUT2D eigenvalue weighted by Gasteiger charge is 2.03. The van der Waals surface area contributed by atoms with Crippen molar-refractivity contribution in [3.8, 4) is 0 Å². The molecule has 0 unspecified atom stereocenters. The molecule has 0 amide bonds. The van der Waals surface area contributed by atoms with Gasteiger partial charge in [0.05, 0.1) is 5.56 Å². The molecule has 0 fully saturated rings. The number of nitrogens with zero attached hydrogens (tertiary/aromatic N) is 1. The Morgan fingerprint density at radius 1 is 1.50 bits per heavy atom. The summed E-state index contributed by atoms with van der Waals surface area (Å²) in [7, 11) is 0. The molecule has 1 aromatic heterocycles. The highest BCUT2D eigenvalue weighted by molar-refractivity contribution is 6.67. The molecule has 0 N–H and O–H groups in total. The number of rotatable bonds is 2. The zero-order valence-corrected chi connectivity index (χ0v) is 7.80. The van der Waals surface area contributed by atoms with Crippen molar-refractivity contribution in [1.82, 2.24) is 4.98 Å². The van der Waals surface area contributed by atoms with Crippen LogP contribution in [0.15, 0.2) is 18.3 Å². The van der Waals surface area contributed by atoms with E-state index in [1.807, 2.05) is 19.9 Å². The van der Waals surface area contributed by atoms with Crippen LogP contribution in [0.2, 0.25) is 0 Å². The minimum atomic E-state index is -0.460. The Kier molecular flexibility index (Phi) is 2.82. The second kappa shape index (κ2) is 3.68. The molecule has 2 nitrogen and oxygen atoms in total. The van der Waals surface area contributed by atoms with Crippen molar-refractivity contribution in [3.05, 3.63) is 29.6 Å². The van der Waals surface area contributed by atoms with Crippen LogP contribution < -0.4 is 0 Å². The molecule has 1 heterocycles. The molecule has 3 heteroatoms. The van der Waals surface area contributed by atoms with Crippen molar-refractivity contribution in [1.29, 1.82) is 0 Å². The molecular weight excluding hydrogens is 174 g/mol. The number of hydrogen-bond acceptors (Lipinski definition) is 2. The van der Waals surface area contributed by atoms with E-state index in [1.54, 1.807) is 6.07 Å². The summed E-state index contributed by atoms with van der Waals surface area (Å²) >= 11 is 5.26. The van der Waals surface area contributed by atoms with Gasteiger partial charge in [0.1, 0.15) is 0 Å². The van der Waals surface area contributed by atoms with Gasteiger partial charge >= 0.3 is 0 Å². The molecule has 0 aromatic carbocycles. The van der Waals surface area contributed by atoms with Crippen LogP contribution >= 0.6 is 11.6 Å². The molecular formula is C9H10ClNO. The van der Waals surface area contributed by atoms with Gasteiger partial charge in [0.25, 0.3) is 5.24 Å². The molecule has 0 bridgehead atoms. The lowest BCUT2D eigenvalue weighted by Gasteiger charge is -2.02. The zero-order valence-electron chi connectivity index (χ0n) is 7.04. The maximum absolute atomic E-state index is 10.7. The van der Waals surface area contributed by atoms with E-state index in [-0.39, 0.29) is 0 Å². The Morgan fingerprint density at radius 2 is 2.17 bits per heavy atom. The Balaban J connectivity index is 2.93. The summed E-state index contributed by atoms with van der Waals surface area (Å²) in [6, 6.07) is 3.51. The fraction of sp³-hybridized carbons (Fsp3) is 0.333. The first-order valence-electron chi connectivity index (χ1n) is 3.77. The molecule has 0 aliphatic carbocycles. The molecule has 0 aliphatic rings. The zero-order chi connectivity index (χ0) is 9.14. The first kappa shape index (κ1) is 9.20. The second-order valence-corrected chi connectivity index (χ2v) is 3.24. The minimum absolute atomic E-state index is 0.379. The Morgan fingerprint density at radius 3 is 2.50 bits per heavy atom. The van der Waals surface area contributed by atoms with Gasteiger partial charge in [-0.1, -0.05) is 13.8 Å². The summed E-state index contributed by atoms with van der Waals surface area (Å²) in [4.78, 5) is 14.7. The van der Waals surface area contributed by atoms with E-state index in [4.69, 9.17) is 11.6 Å². The predicted octanol–water partition coefficient (Wildman–Crippen LogP) is 2.58. The van der Waals surface area contributed by atoms with Crippen molar-refractivity contribution in [2.24, 2.45) is 0 Å². The van der Waals surface area contributed by atoms with Crippen LogP contribution in [-0.4, -0.2) is 10.2 Å². The highest BCUT2D eigenvalue weighted by atomic mass is 35.5. The van der Waals surface area contributed by atoms with Gasteiger partial charge in [0.15, 0.2) is 0 Å². The third-order valence-corrected chi connectivity index (χ3v) is 1.82. The van der Waals surface area contributed by atoms with Crippen molar-refractivity contribution in [2.75, 3.05) is 0 Å². The van der Waals surface area contributed by atoms with E-state index >= 15 is 0 Å². The maximum Gasteiger partial charge on any atom is 0.253 e. The highest BCUT2D eigenvalue weighted by Crippen LogP contribution is 2.11. The van der Waals surface area contributed by atoms with Crippen LogP contribution in [0.4, 0.5) is 0 Å². The summed E-state index contributed by atoms with van der Waals surface area (Å²) in [6.45, 7) is 4.09. The van der Waals surface area contributed by atoms with Crippen LogP contribution in [0.25, 0.3) is 0 Å². The fourth-order valence-electron chi connectivity index (χ4n) is 0.863. The molecule has 1 rings (SSSR count). The molecule has 12 heavy (non-hydrogen) atoms. The summed E-state index contributed by atoms with van der Waals surface area (Å²) in [5.41, 5.74) is 1.41. The SMILES string of the molecule is CC(C)c1ccc(C(=O)Cl)cn1. The number of carbonyl (C=O) groups is 1. The Labute approximate surface area is 76.6 Å². The molecule has 64 valence electrons. The Hall–Kier alpha value is -0.890.